The Balaban J connectivity index is 1.05. The van der Waals surface area contributed by atoms with Crippen LogP contribution in [-0.2, 0) is 18.3 Å². The van der Waals surface area contributed by atoms with Gasteiger partial charge in [0.15, 0.2) is 0 Å². The zero-order valence-corrected chi connectivity index (χ0v) is 34.0. The van der Waals surface area contributed by atoms with Crippen LogP contribution in [0.3, 0.4) is 0 Å². The van der Waals surface area contributed by atoms with E-state index in [9.17, 15) is 0 Å². The summed E-state index contributed by atoms with van der Waals surface area (Å²) in [4.78, 5) is 4.90. The van der Waals surface area contributed by atoms with Crippen molar-refractivity contribution in [2.75, 3.05) is 9.80 Å². The van der Waals surface area contributed by atoms with Gasteiger partial charge in [0.1, 0.15) is 0 Å². The van der Waals surface area contributed by atoms with Gasteiger partial charge >= 0.3 is 0 Å². The Morgan fingerprint density at radius 1 is 0.508 bits per heavy atom. The van der Waals surface area contributed by atoms with Crippen LogP contribution in [0.25, 0.3) is 43.8 Å². The molecule has 3 aliphatic carbocycles. The van der Waals surface area contributed by atoms with Crippen molar-refractivity contribution in [2.24, 2.45) is 0 Å². The van der Waals surface area contributed by atoms with Gasteiger partial charge in [-0.25, -0.2) is 0 Å². The summed E-state index contributed by atoms with van der Waals surface area (Å²) in [7, 11) is 0. The number of hydrogen-bond acceptors (Lipinski definition) is 2. The van der Waals surface area contributed by atoms with Crippen LogP contribution < -0.4 is 9.80 Å². The van der Waals surface area contributed by atoms with E-state index < -0.39 is 0 Å². The van der Waals surface area contributed by atoms with Crippen molar-refractivity contribution in [1.82, 2.24) is 0 Å². The predicted molar refractivity (Wildman–Crippen MR) is 251 cm³/mol. The molecular formula is C57H48N2. The molecule has 0 aromatic heterocycles. The molecule has 11 rings (SSSR count). The fourth-order valence-electron chi connectivity index (χ4n) is 10.8. The lowest BCUT2D eigenvalue weighted by Gasteiger charge is -2.32. The largest absolute Gasteiger partial charge is 0.314 e. The second kappa shape index (κ2) is 14.3. The van der Waals surface area contributed by atoms with Crippen LogP contribution in [0.1, 0.15) is 61.8 Å². The molecule has 0 atom stereocenters. The van der Waals surface area contributed by atoms with Crippen LogP contribution in [0, 0.1) is 0 Å². The number of fused-ring (bicyclic) bond motifs is 3. The third-order valence-corrected chi connectivity index (χ3v) is 13.7. The molecule has 0 heterocycles. The Hall–Kier alpha value is -6.64. The van der Waals surface area contributed by atoms with Crippen molar-refractivity contribution in [3.8, 4) is 22.3 Å². The first-order valence-corrected chi connectivity index (χ1v) is 21.6. The molecule has 0 spiro atoms. The molecule has 0 saturated carbocycles. The second-order valence-corrected chi connectivity index (χ2v) is 16.5. The van der Waals surface area contributed by atoms with Gasteiger partial charge in [0.05, 0.1) is 5.69 Å². The van der Waals surface area contributed by atoms with Gasteiger partial charge in [0, 0.05) is 39.2 Å². The van der Waals surface area contributed by atoms with Crippen LogP contribution >= 0.6 is 0 Å². The van der Waals surface area contributed by atoms with E-state index in [1.807, 2.05) is 0 Å². The van der Waals surface area contributed by atoms with E-state index in [0.29, 0.717) is 0 Å². The van der Waals surface area contributed by atoms with E-state index in [1.54, 1.807) is 0 Å². The maximum Gasteiger partial charge on any atom is 0.0537 e. The van der Waals surface area contributed by atoms with Crippen LogP contribution in [-0.4, -0.2) is 0 Å². The Kier molecular flexibility index (Phi) is 8.62. The molecule has 0 fully saturated rings. The Bertz CT molecular complexity index is 2910. The van der Waals surface area contributed by atoms with Crippen molar-refractivity contribution in [1.29, 1.82) is 0 Å². The number of aryl methyl sites for hydroxylation is 2. The topological polar surface area (TPSA) is 6.48 Å². The molecule has 59 heavy (non-hydrogen) atoms. The third-order valence-electron chi connectivity index (χ3n) is 13.7. The maximum atomic E-state index is 2.57. The van der Waals surface area contributed by atoms with E-state index in [2.05, 4.69) is 206 Å². The first-order valence-electron chi connectivity index (χ1n) is 21.6. The summed E-state index contributed by atoms with van der Waals surface area (Å²) < 4.78 is 0. The fraction of sp³-hybridized carbons (Fsp3) is 0.158. The lowest BCUT2D eigenvalue weighted by Crippen LogP contribution is -2.23. The molecule has 3 aliphatic rings. The van der Waals surface area contributed by atoms with Crippen molar-refractivity contribution >= 4 is 50.0 Å². The van der Waals surface area contributed by atoms with E-state index in [0.717, 1.165) is 38.5 Å². The quantitative estimate of drug-likeness (QED) is 0.135. The molecule has 2 nitrogen and oxygen atoms in total. The average molecular weight is 761 g/mol. The van der Waals surface area contributed by atoms with Crippen LogP contribution in [0.4, 0.5) is 28.4 Å². The summed E-state index contributed by atoms with van der Waals surface area (Å²) in [6, 6.07) is 61.4. The predicted octanol–water partition coefficient (Wildman–Crippen LogP) is 15.7. The van der Waals surface area contributed by atoms with E-state index in [-0.39, 0.29) is 5.41 Å². The summed E-state index contributed by atoms with van der Waals surface area (Å²) in [6.45, 7) is 4.77. The first kappa shape index (κ1) is 35.5. The van der Waals surface area contributed by atoms with E-state index in [4.69, 9.17) is 0 Å². The van der Waals surface area contributed by atoms with Gasteiger partial charge in [-0.3, -0.25) is 0 Å². The smallest absolute Gasteiger partial charge is 0.0537 e. The number of benzene rings is 8. The monoisotopic (exact) mass is 760 g/mol. The van der Waals surface area contributed by atoms with Gasteiger partial charge in [0.2, 0.25) is 0 Å². The zero-order valence-electron chi connectivity index (χ0n) is 34.0. The number of nitrogens with zero attached hydrogens (tertiary/aromatic N) is 2. The molecule has 8 aromatic rings. The number of rotatable bonds is 9. The maximum absolute atomic E-state index is 2.57. The van der Waals surface area contributed by atoms with Crippen molar-refractivity contribution < 1.29 is 0 Å². The standard InChI is InChI=1S/C57H48N2/c1-3-57(4-2)52-37-41(28-32-48(52)49-35-30-46(38-53(49)57)58(42-17-9-5-10-18-42)43-19-11-6-12-20-43)47-31-25-39-27-34-51-54(36-29-40-26-33-50(47)55(39)56(40)51)59(44-21-13-7-14-22-44)45-23-15-8-16-24-45/h5-15,17-23,25,27-32,34-38H,3-4,16,24,26,33H2,1-2H3. The molecule has 2 heteroatoms. The average Bonchev–Trinajstić information content (AvgIpc) is 3.58. The molecule has 0 radical (unpaired) electrons. The fourth-order valence-corrected chi connectivity index (χ4v) is 10.8. The number of hydrogen-bond donors (Lipinski definition) is 0. The summed E-state index contributed by atoms with van der Waals surface area (Å²) in [5.41, 5.74) is 18.6. The lowest BCUT2D eigenvalue weighted by molar-refractivity contribution is 0.490. The number of para-hydroxylation sites is 3. The highest BCUT2D eigenvalue weighted by atomic mass is 15.2. The van der Waals surface area contributed by atoms with Crippen molar-refractivity contribution in [2.45, 2.75) is 57.8 Å². The molecule has 0 aliphatic heterocycles. The summed E-state index contributed by atoms with van der Waals surface area (Å²) in [5, 5.41) is 5.53. The van der Waals surface area contributed by atoms with E-state index in [1.165, 1.54) is 100 Å². The molecule has 0 unspecified atom stereocenters. The van der Waals surface area contributed by atoms with Gasteiger partial charge in [-0.2, -0.15) is 0 Å². The van der Waals surface area contributed by atoms with Gasteiger partial charge in [-0.15, -0.1) is 0 Å². The van der Waals surface area contributed by atoms with Crippen molar-refractivity contribution in [3.05, 3.63) is 210 Å². The number of allylic oxidation sites excluding steroid dienone is 4. The van der Waals surface area contributed by atoms with Gasteiger partial charge in [-0.1, -0.05) is 129 Å². The highest BCUT2D eigenvalue weighted by molar-refractivity contribution is 6.17. The minimum Gasteiger partial charge on any atom is -0.314 e. The SMILES string of the molecule is CCC1(CC)c2cc(-c3ccc4ccc5c(N(C6=CC=CCC6)c6ccccc6)ccc6c5c4c3CC6)ccc2-c2ccc(N(c3ccccc3)c3ccccc3)cc21. The van der Waals surface area contributed by atoms with E-state index >= 15 is 0 Å². The molecule has 0 bridgehead atoms. The summed E-state index contributed by atoms with van der Waals surface area (Å²) >= 11 is 0. The summed E-state index contributed by atoms with van der Waals surface area (Å²) in [5.74, 6) is 0. The zero-order chi connectivity index (χ0) is 39.5. The summed E-state index contributed by atoms with van der Waals surface area (Å²) in [6.07, 6.45) is 13.0. The van der Waals surface area contributed by atoms with Crippen LogP contribution in [0.5, 0.6) is 0 Å². The van der Waals surface area contributed by atoms with Gasteiger partial charge < -0.3 is 9.80 Å². The second-order valence-electron chi connectivity index (χ2n) is 16.5. The van der Waals surface area contributed by atoms with Gasteiger partial charge in [0.25, 0.3) is 0 Å². The Labute approximate surface area is 348 Å². The Morgan fingerprint density at radius 3 is 1.80 bits per heavy atom. The third kappa shape index (κ3) is 5.61. The molecular weight excluding hydrogens is 713 g/mol. The first-order chi connectivity index (χ1) is 29.2. The minimum absolute atomic E-state index is 0.0809. The molecule has 286 valence electrons. The molecule has 8 aromatic carbocycles. The number of anilines is 5. The van der Waals surface area contributed by atoms with Crippen LogP contribution in [0.2, 0.25) is 0 Å². The molecule has 0 saturated heterocycles. The molecule has 0 amide bonds. The van der Waals surface area contributed by atoms with Crippen molar-refractivity contribution in [3.63, 3.8) is 0 Å². The lowest BCUT2D eigenvalue weighted by atomic mass is 9.73. The highest BCUT2D eigenvalue weighted by Gasteiger charge is 2.41. The highest BCUT2D eigenvalue weighted by Crippen LogP contribution is 2.55. The normalized spacial score (nSPS) is 14.6. The van der Waals surface area contributed by atoms with Gasteiger partial charge in [-0.05, 0) is 166 Å². The van der Waals surface area contributed by atoms with Crippen LogP contribution in [0.15, 0.2) is 188 Å². The molecule has 0 N–H and O–H groups in total. The Morgan fingerprint density at radius 2 is 1.14 bits per heavy atom. The minimum atomic E-state index is -0.0809.